The molecule has 0 radical (unpaired) electrons. The van der Waals surface area contributed by atoms with Crippen LogP contribution in [0, 0.1) is 0 Å². The van der Waals surface area contributed by atoms with Gasteiger partial charge in [-0.3, -0.25) is 0 Å². The number of ether oxygens (including phenoxy) is 2. The molecule has 0 aliphatic heterocycles. The van der Waals surface area contributed by atoms with E-state index in [2.05, 4.69) is 45.7 Å². The second-order valence-corrected chi connectivity index (χ2v) is 13.4. The number of hydrogen-bond acceptors (Lipinski definition) is 5. The van der Waals surface area contributed by atoms with Crippen LogP contribution in [0.4, 0.5) is 0 Å². The van der Waals surface area contributed by atoms with E-state index >= 15 is 0 Å². The Balaban J connectivity index is 4.60. The molecule has 0 aromatic rings. The molecule has 0 aliphatic rings. The molecule has 0 bridgehead atoms. The van der Waals surface area contributed by atoms with Crippen molar-refractivity contribution in [3.63, 3.8) is 0 Å². The van der Waals surface area contributed by atoms with Crippen molar-refractivity contribution in [2.24, 2.45) is 0 Å². The Hall–Kier alpha value is 0.0169. The molecular formula is C20H44O5Si. The van der Waals surface area contributed by atoms with Gasteiger partial charge in [0.25, 0.3) is 0 Å². The van der Waals surface area contributed by atoms with Gasteiger partial charge in [-0.2, -0.15) is 0 Å². The number of hydrogen-bond donors (Lipinski definition) is 1. The van der Waals surface area contributed by atoms with E-state index in [1.54, 1.807) is 7.11 Å². The summed E-state index contributed by atoms with van der Waals surface area (Å²) >= 11 is 0. The topological polar surface area (TPSA) is 57.2 Å². The molecule has 158 valence electrons. The molecule has 5 nitrogen and oxygen atoms in total. The lowest BCUT2D eigenvalue weighted by Gasteiger charge is -2.39. The summed E-state index contributed by atoms with van der Waals surface area (Å²) in [5, 5.41) is 9.27. The van der Waals surface area contributed by atoms with Crippen molar-refractivity contribution in [2.45, 2.75) is 110 Å². The molecule has 0 heterocycles. The van der Waals surface area contributed by atoms with Gasteiger partial charge in [-0.25, -0.2) is 10.1 Å². The lowest BCUT2D eigenvalue weighted by atomic mass is 10.0. The minimum absolute atomic E-state index is 0.190. The van der Waals surface area contributed by atoms with E-state index < -0.39 is 14.6 Å². The molecule has 0 spiro atoms. The van der Waals surface area contributed by atoms with Crippen LogP contribution in [-0.2, 0) is 18.8 Å². The molecule has 0 aromatic heterocycles. The van der Waals surface area contributed by atoms with Gasteiger partial charge in [0.1, 0.15) is 0 Å². The molecule has 0 fully saturated rings. The summed E-state index contributed by atoms with van der Waals surface area (Å²) in [6.45, 7) is 14.5. The van der Waals surface area contributed by atoms with Crippen LogP contribution in [0.15, 0.2) is 0 Å². The normalized spacial score (nSPS) is 15.2. The van der Waals surface area contributed by atoms with Crippen LogP contribution in [0.5, 0.6) is 0 Å². The van der Waals surface area contributed by atoms with E-state index in [4.69, 9.17) is 19.2 Å². The van der Waals surface area contributed by atoms with Crippen LogP contribution in [0.25, 0.3) is 0 Å². The summed E-state index contributed by atoms with van der Waals surface area (Å²) in [6, 6.07) is 0. The van der Waals surface area contributed by atoms with Gasteiger partial charge in [-0.05, 0) is 31.0 Å². The lowest BCUT2D eigenvalue weighted by molar-refractivity contribution is -0.348. The Morgan fingerprint density at radius 3 is 2.12 bits per heavy atom. The zero-order chi connectivity index (χ0) is 20.1. The highest BCUT2D eigenvalue weighted by molar-refractivity contribution is 6.74. The quantitative estimate of drug-likeness (QED) is 0.115. The molecule has 0 saturated heterocycles. The molecule has 1 N–H and O–H groups in total. The van der Waals surface area contributed by atoms with E-state index in [1.165, 1.54) is 32.1 Å². The smallest absolute Gasteiger partial charge is 0.192 e. The highest BCUT2D eigenvalue weighted by Gasteiger charge is 2.39. The molecule has 0 amide bonds. The minimum atomic E-state index is -1.82. The van der Waals surface area contributed by atoms with E-state index in [-0.39, 0.29) is 11.1 Å². The van der Waals surface area contributed by atoms with Gasteiger partial charge in [-0.1, -0.05) is 59.8 Å². The largest absolute Gasteiger partial charge is 0.414 e. The number of rotatable bonds is 16. The second kappa shape index (κ2) is 14.1. The van der Waals surface area contributed by atoms with Crippen molar-refractivity contribution in [3.05, 3.63) is 0 Å². The summed E-state index contributed by atoms with van der Waals surface area (Å²) in [4.78, 5) is 4.48. The van der Waals surface area contributed by atoms with Crippen LogP contribution in [0.1, 0.15) is 79.1 Å². The van der Waals surface area contributed by atoms with Gasteiger partial charge in [-0.15, -0.1) is 0 Å². The third-order valence-electron chi connectivity index (χ3n) is 5.33. The molecule has 0 saturated carbocycles. The Bertz CT molecular complexity index is 331. The maximum Gasteiger partial charge on any atom is 0.192 e. The zero-order valence-corrected chi connectivity index (χ0v) is 19.3. The Labute approximate surface area is 162 Å². The van der Waals surface area contributed by atoms with Gasteiger partial charge in [0.15, 0.2) is 14.6 Å². The molecule has 26 heavy (non-hydrogen) atoms. The maximum absolute atomic E-state index is 9.08. The van der Waals surface area contributed by atoms with E-state index in [0.29, 0.717) is 19.6 Å². The van der Waals surface area contributed by atoms with Crippen LogP contribution < -0.4 is 0 Å². The van der Waals surface area contributed by atoms with Gasteiger partial charge in [0, 0.05) is 19.6 Å². The SMILES string of the molecule is CCCCCCCC(CCC(OO)OCCOC)O[Si](C)(C)C(C)(C)C. The first kappa shape index (κ1) is 26.0. The average molecular weight is 393 g/mol. The highest BCUT2D eigenvalue weighted by Crippen LogP contribution is 2.38. The summed E-state index contributed by atoms with van der Waals surface area (Å²) in [5.74, 6) is 0. The zero-order valence-electron chi connectivity index (χ0n) is 18.3. The van der Waals surface area contributed by atoms with Crippen molar-refractivity contribution in [1.82, 2.24) is 0 Å². The van der Waals surface area contributed by atoms with Gasteiger partial charge in [0.2, 0.25) is 0 Å². The van der Waals surface area contributed by atoms with Crippen LogP contribution in [-0.4, -0.2) is 46.3 Å². The van der Waals surface area contributed by atoms with Crippen molar-refractivity contribution >= 4 is 8.32 Å². The molecule has 0 aliphatic carbocycles. The highest BCUT2D eigenvalue weighted by atomic mass is 28.4. The van der Waals surface area contributed by atoms with Crippen molar-refractivity contribution in [2.75, 3.05) is 20.3 Å². The number of methoxy groups -OCH3 is 1. The molecule has 2 atom stereocenters. The number of unbranched alkanes of at least 4 members (excludes halogenated alkanes) is 4. The van der Waals surface area contributed by atoms with Crippen molar-refractivity contribution in [3.8, 4) is 0 Å². The average Bonchev–Trinajstić information content (AvgIpc) is 2.56. The summed E-state index contributed by atoms with van der Waals surface area (Å²) in [6.07, 6.45) is 8.41. The van der Waals surface area contributed by atoms with Crippen molar-refractivity contribution in [1.29, 1.82) is 0 Å². The van der Waals surface area contributed by atoms with E-state index in [9.17, 15) is 0 Å². The Morgan fingerprint density at radius 1 is 0.923 bits per heavy atom. The molecular weight excluding hydrogens is 348 g/mol. The fourth-order valence-corrected chi connectivity index (χ4v) is 4.01. The fraction of sp³-hybridized carbons (Fsp3) is 1.00. The minimum Gasteiger partial charge on any atom is -0.414 e. The monoisotopic (exact) mass is 392 g/mol. The molecule has 6 heteroatoms. The summed E-state index contributed by atoms with van der Waals surface area (Å²) < 4.78 is 17.1. The summed E-state index contributed by atoms with van der Waals surface area (Å²) in [7, 11) is -0.196. The Kier molecular flexibility index (Phi) is 14.1. The molecule has 2 unspecified atom stereocenters. The molecule has 0 rings (SSSR count). The Morgan fingerprint density at radius 2 is 1.58 bits per heavy atom. The third kappa shape index (κ3) is 11.7. The maximum atomic E-state index is 9.08. The van der Waals surface area contributed by atoms with Gasteiger partial charge < -0.3 is 13.9 Å². The first-order valence-electron chi connectivity index (χ1n) is 10.3. The second-order valence-electron chi connectivity index (χ2n) is 8.68. The van der Waals surface area contributed by atoms with Crippen LogP contribution in [0.2, 0.25) is 18.1 Å². The summed E-state index contributed by atoms with van der Waals surface area (Å²) in [5.41, 5.74) is 0. The first-order valence-corrected chi connectivity index (χ1v) is 13.2. The van der Waals surface area contributed by atoms with E-state index in [1.807, 2.05) is 0 Å². The third-order valence-corrected chi connectivity index (χ3v) is 9.87. The fourth-order valence-electron chi connectivity index (χ4n) is 2.58. The lowest BCUT2D eigenvalue weighted by Crippen LogP contribution is -2.44. The molecule has 0 aromatic carbocycles. The van der Waals surface area contributed by atoms with Crippen LogP contribution >= 0.6 is 0 Å². The van der Waals surface area contributed by atoms with Crippen molar-refractivity contribution < 1.29 is 24.0 Å². The first-order chi connectivity index (χ1) is 12.2. The van der Waals surface area contributed by atoms with Gasteiger partial charge in [0.05, 0.1) is 13.2 Å². The van der Waals surface area contributed by atoms with Gasteiger partial charge >= 0.3 is 0 Å². The standard InChI is InChI=1S/C20H44O5Si/c1-8-9-10-11-12-13-18(25-26(6,7)20(2,3)4)14-15-19(24-21)23-17-16-22-5/h18-19,21H,8-17H2,1-7H3. The predicted octanol–water partition coefficient (Wildman–Crippen LogP) is 6.00. The van der Waals surface area contributed by atoms with E-state index in [0.717, 1.165) is 12.8 Å². The van der Waals surface area contributed by atoms with Crippen LogP contribution in [0.3, 0.4) is 0 Å². The predicted molar refractivity (Wildman–Crippen MR) is 110 cm³/mol.